The summed E-state index contributed by atoms with van der Waals surface area (Å²) < 4.78 is 35.0. The third-order valence-electron chi connectivity index (χ3n) is 2.10. The Morgan fingerprint density at radius 2 is 2.17 bits per heavy atom. The minimum absolute atomic E-state index is 0.0755. The SMILES string of the molecule is COC(=O)c1sc(C(F)F)cc1OCCN(C)C. The minimum atomic E-state index is -2.62. The topological polar surface area (TPSA) is 38.8 Å². The van der Waals surface area contributed by atoms with Gasteiger partial charge < -0.3 is 14.4 Å². The van der Waals surface area contributed by atoms with Gasteiger partial charge in [-0.05, 0) is 14.1 Å². The number of carbonyl (C=O) groups is 1. The zero-order chi connectivity index (χ0) is 13.7. The summed E-state index contributed by atoms with van der Waals surface area (Å²) in [5.74, 6) is -0.504. The third kappa shape index (κ3) is 3.92. The normalized spacial score (nSPS) is 11.1. The van der Waals surface area contributed by atoms with E-state index in [4.69, 9.17) is 4.74 Å². The fourth-order valence-corrected chi connectivity index (χ4v) is 2.06. The molecule has 102 valence electrons. The molecule has 0 N–H and O–H groups in total. The van der Waals surface area contributed by atoms with Crippen molar-refractivity contribution < 1.29 is 23.0 Å². The van der Waals surface area contributed by atoms with Crippen LogP contribution in [0.4, 0.5) is 8.78 Å². The molecule has 1 heterocycles. The molecule has 1 aromatic rings. The number of hydrogen-bond donors (Lipinski definition) is 0. The van der Waals surface area contributed by atoms with E-state index in [9.17, 15) is 13.6 Å². The number of likely N-dealkylation sites (N-methyl/N-ethyl adjacent to an activating group) is 1. The second kappa shape index (κ2) is 6.65. The van der Waals surface area contributed by atoms with Crippen LogP contribution in [0.1, 0.15) is 21.0 Å². The highest BCUT2D eigenvalue weighted by molar-refractivity contribution is 7.14. The van der Waals surface area contributed by atoms with E-state index in [2.05, 4.69) is 4.74 Å². The van der Waals surface area contributed by atoms with E-state index < -0.39 is 12.4 Å². The first-order chi connectivity index (χ1) is 8.45. The summed E-state index contributed by atoms with van der Waals surface area (Å²) in [6.45, 7) is 0.941. The van der Waals surface area contributed by atoms with Gasteiger partial charge in [-0.25, -0.2) is 13.6 Å². The molecule has 0 fully saturated rings. The number of thiophene rings is 1. The predicted molar refractivity (Wildman–Crippen MR) is 64.7 cm³/mol. The lowest BCUT2D eigenvalue weighted by Gasteiger charge is -2.10. The van der Waals surface area contributed by atoms with Gasteiger partial charge in [0.1, 0.15) is 12.4 Å². The Morgan fingerprint density at radius 3 is 2.67 bits per heavy atom. The zero-order valence-corrected chi connectivity index (χ0v) is 11.2. The van der Waals surface area contributed by atoms with Gasteiger partial charge in [-0.1, -0.05) is 0 Å². The van der Waals surface area contributed by atoms with Crippen LogP contribution in [-0.4, -0.2) is 45.2 Å². The van der Waals surface area contributed by atoms with Crippen molar-refractivity contribution in [2.45, 2.75) is 6.43 Å². The molecule has 0 aliphatic rings. The second-order valence-electron chi connectivity index (χ2n) is 3.79. The molecular formula is C11H15F2NO3S. The molecule has 0 unspecified atom stereocenters. The van der Waals surface area contributed by atoms with Crippen LogP contribution in [0.3, 0.4) is 0 Å². The van der Waals surface area contributed by atoms with Crippen LogP contribution < -0.4 is 4.74 Å². The molecule has 0 aliphatic heterocycles. The first kappa shape index (κ1) is 14.8. The molecule has 18 heavy (non-hydrogen) atoms. The predicted octanol–water partition coefficient (Wildman–Crippen LogP) is 2.41. The first-order valence-corrected chi connectivity index (χ1v) is 6.05. The number of halogens is 2. The standard InChI is InChI=1S/C11H15F2NO3S/c1-14(2)4-5-17-7-6-8(10(12)13)18-9(7)11(15)16-3/h6,10H,4-5H2,1-3H3. The van der Waals surface area contributed by atoms with Crippen LogP contribution in [0, 0.1) is 0 Å². The van der Waals surface area contributed by atoms with E-state index in [0.717, 1.165) is 0 Å². The minimum Gasteiger partial charge on any atom is -0.490 e. The number of carbonyl (C=O) groups excluding carboxylic acids is 1. The molecule has 7 heteroatoms. The van der Waals surface area contributed by atoms with Gasteiger partial charge in [0.15, 0.2) is 4.88 Å². The van der Waals surface area contributed by atoms with Crippen LogP contribution in [-0.2, 0) is 4.74 Å². The van der Waals surface area contributed by atoms with Crippen molar-refractivity contribution in [1.29, 1.82) is 0 Å². The van der Waals surface area contributed by atoms with Gasteiger partial charge >= 0.3 is 5.97 Å². The lowest BCUT2D eigenvalue weighted by Crippen LogP contribution is -2.19. The van der Waals surface area contributed by atoms with Gasteiger partial charge in [0.2, 0.25) is 0 Å². The van der Waals surface area contributed by atoms with E-state index in [-0.39, 0.29) is 15.5 Å². The average molecular weight is 279 g/mol. The van der Waals surface area contributed by atoms with Crippen molar-refractivity contribution in [2.24, 2.45) is 0 Å². The molecule has 1 aromatic heterocycles. The highest BCUT2D eigenvalue weighted by atomic mass is 32.1. The molecule has 0 aliphatic carbocycles. The monoisotopic (exact) mass is 279 g/mol. The fourth-order valence-electron chi connectivity index (χ4n) is 1.18. The van der Waals surface area contributed by atoms with Crippen LogP contribution in [0.5, 0.6) is 5.75 Å². The number of ether oxygens (including phenoxy) is 2. The van der Waals surface area contributed by atoms with E-state index in [1.807, 2.05) is 19.0 Å². The van der Waals surface area contributed by atoms with Crippen LogP contribution >= 0.6 is 11.3 Å². The van der Waals surface area contributed by atoms with Crippen molar-refractivity contribution in [3.05, 3.63) is 15.8 Å². The molecule has 0 aromatic carbocycles. The number of esters is 1. The van der Waals surface area contributed by atoms with E-state index in [1.165, 1.54) is 13.2 Å². The molecule has 0 amide bonds. The molecule has 0 radical (unpaired) electrons. The maximum absolute atomic E-state index is 12.6. The Morgan fingerprint density at radius 1 is 1.50 bits per heavy atom. The number of alkyl halides is 2. The molecule has 0 spiro atoms. The van der Waals surface area contributed by atoms with Crippen LogP contribution in [0.25, 0.3) is 0 Å². The van der Waals surface area contributed by atoms with Gasteiger partial charge in [0, 0.05) is 12.6 Å². The maximum Gasteiger partial charge on any atom is 0.351 e. The Balaban J connectivity index is 2.83. The van der Waals surface area contributed by atoms with Crippen LogP contribution in [0.15, 0.2) is 6.07 Å². The quantitative estimate of drug-likeness (QED) is 0.750. The number of methoxy groups -OCH3 is 1. The van der Waals surface area contributed by atoms with Crippen molar-refractivity contribution in [3.8, 4) is 5.75 Å². The Bertz CT molecular complexity index is 407. The van der Waals surface area contributed by atoms with Crippen molar-refractivity contribution >= 4 is 17.3 Å². The highest BCUT2D eigenvalue weighted by Gasteiger charge is 2.22. The van der Waals surface area contributed by atoms with Crippen molar-refractivity contribution in [2.75, 3.05) is 34.4 Å². The summed E-state index contributed by atoms with van der Waals surface area (Å²) in [7, 11) is 4.93. The molecule has 0 bridgehead atoms. The first-order valence-electron chi connectivity index (χ1n) is 5.23. The van der Waals surface area contributed by atoms with Gasteiger partial charge in [-0.2, -0.15) is 0 Å². The average Bonchev–Trinajstić information content (AvgIpc) is 2.72. The maximum atomic E-state index is 12.6. The van der Waals surface area contributed by atoms with Crippen molar-refractivity contribution in [1.82, 2.24) is 4.90 Å². The van der Waals surface area contributed by atoms with E-state index >= 15 is 0 Å². The Labute approximate surface area is 108 Å². The van der Waals surface area contributed by atoms with Gasteiger partial charge in [-0.3, -0.25) is 0 Å². The third-order valence-corrected chi connectivity index (χ3v) is 3.20. The lowest BCUT2D eigenvalue weighted by molar-refractivity contribution is 0.0602. The smallest absolute Gasteiger partial charge is 0.351 e. The van der Waals surface area contributed by atoms with E-state index in [0.29, 0.717) is 24.5 Å². The van der Waals surface area contributed by atoms with Gasteiger partial charge in [0.05, 0.1) is 12.0 Å². The molecule has 0 saturated heterocycles. The number of hydrogen-bond acceptors (Lipinski definition) is 5. The Hall–Kier alpha value is -1.21. The summed E-state index contributed by atoms with van der Waals surface area (Å²) in [5.41, 5.74) is 0. The largest absolute Gasteiger partial charge is 0.490 e. The number of nitrogens with zero attached hydrogens (tertiary/aromatic N) is 1. The van der Waals surface area contributed by atoms with Gasteiger partial charge in [-0.15, -0.1) is 11.3 Å². The Kier molecular flexibility index (Phi) is 5.49. The summed E-state index contributed by atoms with van der Waals surface area (Å²) in [5, 5.41) is 0. The summed E-state index contributed by atoms with van der Waals surface area (Å²) in [6, 6.07) is 1.19. The zero-order valence-electron chi connectivity index (χ0n) is 10.4. The van der Waals surface area contributed by atoms with Crippen LogP contribution in [0.2, 0.25) is 0 Å². The second-order valence-corrected chi connectivity index (χ2v) is 4.87. The molecular weight excluding hydrogens is 264 g/mol. The highest BCUT2D eigenvalue weighted by Crippen LogP contribution is 2.35. The molecule has 0 atom stereocenters. The summed E-state index contributed by atoms with van der Waals surface area (Å²) >= 11 is 0.696. The molecule has 4 nitrogen and oxygen atoms in total. The van der Waals surface area contributed by atoms with Crippen molar-refractivity contribution in [3.63, 3.8) is 0 Å². The molecule has 1 rings (SSSR count). The number of rotatable bonds is 6. The van der Waals surface area contributed by atoms with E-state index in [1.54, 1.807) is 0 Å². The summed E-state index contributed by atoms with van der Waals surface area (Å²) in [4.78, 5) is 13.2. The fraction of sp³-hybridized carbons (Fsp3) is 0.545. The molecule has 0 saturated carbocycles. The summed E-state index contributed by atoms with van der Waals surface area (Å²) in [6.07, 6.45) is -2.62. The lowest BCUT2D eigenvalue weighted by atomic mass is 10.4. The van der Waals surface area contributed by atoms with Gasteiger partial charge in [0.25, 0.3) is 6.43 Å².